The van der Waals surface area contributed by atoms with Crippen LogP contribution in [0.1, 0.15) is 42.2 Å². The SMILES string of the molecule is COC(=O)C1CCC(c2ncc(-c3ccc(NC(=O)Nc4c(F)cccc4C(F)(F)F)cc3)s2)CC1. The van der Waals surface area contributed by atoms with E-state index in [9.17, 15) is 27.2 Å². The Labute approximate surface area is 208 Å². The number of carbonyl (C=O) groups excluding carboxylic acids is 2. The molecule has 1 aromatic heterocycles. The van der Waals surface area contributed by atoms with Crippen molar-refractivity contribution in [2.24, 2.45) is 5.92 Å². The second kappa shape index (κ2) is 10.7. The summed E-state index contributed by atoms with van der Waals surface area (Å²) in [5.41, 5.74) is -1.02. The van der Waals surface area contributed by atoms with E-state index in [1.807, 2.05) is 5.32 Å². The van der Waals surface area contributed by atoms with Crippen LogP contribution < -0.4 is 10.6 Å². The Morgan fingerprint density at radius 3 is 2.36 bits per heavy atom. The molecule has 1 aliphatic carbocycles. The molecule has 3 aromatic rings. The Bertz CT molecular complexity index is 1240. The van der Waals surface area contributed by atoms with Crippen molar-refractivity contribution in [1.82, 2.24) is 4.98 Å². The number of nitrogens with zero attached hydrogens (tertiary/aromatic N) is 1. The van der Waals surface area contributed by atoms with E-state index in [1.165, 1.54) is 7.11 Å². The van der Waals surface area contributed by atoms with Crippen LogP contribution in [0.3, 0.4) is 0 Å². The Morgan fingerprint density at radius 2 is 1.72 bits per heavy atom. The molecule has 1 heterocycles. The molecule has 0 atom stereocenters. The summed E-state index contributed by atoms with van der Waals surface area (Å²) in [5.74, 6) is -1.11. The molecule has 190 valence electrons. The topological polar surface area (TPSA) is 80.3 Å². The molecule has 0 unspecified atom stereocenters. The van der Waals surface area contributed by atoms with Gasteiger partial charge in [-0.25, -0.2) is 14.2 Å². The number of benzene rings is 2. The van der Waals surface area contributed by atoms with Crippen LogP contribution in [0.4, 0.5) is 33.7 Å². The summed E-state index contributed by atoms with van der Waals surface area (Å²) in [4.78, 5) is 29.4. The number of halogens is 4. The van der Waals surface area contributed by atoms with E-state index in [2.05, 4.69) is 10.3 Å². The molecule has 1 saturated carbocycles. The van der Waals surface area contributed by atoms with Gasteiger partial charge in [-0.2, -0.15) is 13.2 Å². The van der Waals surface area contributed by atoms with Crippen LogP contribution in [0, 0.1) is 11.7 Å². The molecule has 0 aliphatic heterocycles. The highest BCUT2D eigenvalue weighted by atomic mass is 32.1. The van der Waals surface area contributed by atoms with E-state index in [-0.39, 0.29) is 17.8 Å². The highest BCUT2D eigenvalue weighted by molar-refractivity contribution is 7.15. The van der Waals surface area contributed by atoms with Crippen molar-refractivity contribution in [2.45, 2.75) is 37.8 Å². The van der Waals surface area contributed by atoms with Crippen molar-refractivity contribution in [1.29, 1.82) is 0 Å². The highest BCUT2D eigenvalue weighted by Gasteiger charge is 2.35. The van der Waals surface area contributed by atoms with Gasteiger partial charge in [0.2, 0.25) is 0 Å². The molecule has 11 heteroatoms. The lowest BCUT2D eigenvalue weighted by atomic mass is 9.82. The molecule has 2 N–H and O–H groups in total. The van der Waals surface area contributed by atoms with Gasteiger partial charge in [0.15, 0.2) is 0 Å². The molecule has 2 amide bonds. The number of para-hydroxylation sites is 1. The van der Waals surface area contributed by atoms with Crippen LogP contribution in [0.25, 0.3) is 10.4 Å². The predicted octanol–water partition coefficient (Wildman–Crippen LogP) is 7.06. The number of thiazole rings is 1. The number of ether oxygens (including phenoxy) is 1. The van der Waals surface area contributed by atoms with Gasteiger partial charge in [0.1, 0.15) is 5.82 Å². The first kappa shape index (κ1) is 25.6. The Hall–Kier alpha value is -3.47. The monoisotopic (exact) mass is 521 g/mol. The lowest BCUT2D eigenvalue weighted by Crippen LogP contribution is -2.22. The Balaban J connectivity index is 1.38. The van der Waals surface area contributed by atoms with Gasteiger partial charge in [0.05, 0.1) is 34.2 Å². The first-order valence-electron chi connectivity index (χ1n) is 11.2. The molecular weight excluding hydrogens is 498 g/mol. The number of anilines is 2. The fraction of sp³-hybridized carbons (Fsp3) is 0.320. The van der Waals surface area contributed by atoms with Gasteiger partial charge in [0, 0.05) is 17.8 Å². The summed E-state index contributed by atoms with van der Waals surface area (Å²) < 4.78 is 58.2. The van der Waals surface area contributed by atoms with Crippen molar-refractivity contribution >= 4 is 34.7 Å². The number of carbonyl (C=O) groups is 2. The molecule has 1 aliphatic rings. The van der Waals surface area contributed by atoms with Crippen molar-refractivity contribution < 1.29 is 31.9 Å². The normalized spacial score (nSPS) is 17.9. The molecule has 2 aromatic carbocycles. The number of aromatic nitrogens is 1. The summed E-state index contributed by atoms with van der Waals surface area (Å²) in [6.45, 7) is 0. The van der Waals surface area contributed by atoms with Crippen LogP contribution in [0.2, 0.25) is 0 Å². The maximum Gasteiger partial charge on any atom is 0.418 e. The fourth-order valence-electron chi connectivity index (χ4n) is 4.23. The number of urea groups is 1. The number of esters is 1. The average molecular weight is 522 g/mol. The van der Waals surface area contributed by atoms with Crippen LogP contribution in [0.15, 0.2) is 48.7 Å². The zero-order chi connectivity index (χ0) is 25.9. The molecular formula is C25H23F4N3O3S. The van der Waals surface area contributed by atoms with Gasteiger partial charge < -0.3 is 15.4 Å². The summed E-state index contributed by atoms with van der Waals surface area (Å²) >= 11 is 1.56. The van der Waals surface area contributed by atoms with Gasteiger partial charge in [-0.3, -0.25) is 4.79 Å². The Kier molecular flexibility index (Phi) is 7.58. The van der Waals surface area contributed by atoms with Crippen LogP contribution >= 0.6 is 11.3 Å². The summed E-state index contributed by atoms with van der Waals surface area (Å²) in [6, 6.07) is 8.18. The van der Waals surface area contributed by atoms with Gasteiger partial charge in [-0.15, -0.1) is 11.3 Å². The molecule has 6 nitrogen and oxygen atoms in total. The minimum atomic E-state index is -4.82. The van der Waals surface area contributed by atoms with Crippen molar-refractivity contribution in [3.8, 4) is 10.4 Å². The van der Waals surface area contributed by atoms with Crippen molar-refractivity contribution in [3.63, 3.8) is 0 Å². The van der Waals surface area contributed by atoms with Crippen LogP contribution in [0.5, 0.6) is 0 Å². The van der Waals surface area contributed by atoms with Gasteiger partial charge >= 0.3 is 18.2 Å². The minimum Gasteiger partial charge on any atom is -0.469 e. The second-order valence-electron chi connectivity index (χ2n) is 8.45. The molecule has 0 saturated heterocycles. The largest absolute Gasteiger partial charge is 0.469 e. The number of hydrogen-bond donors (Lipinski definition) is 2. The zero-order valence-electron chi connectivity index (χ0n) is 19.2. The average Bonchev–Trinajstić information content (AvgIpc) is 3.35. The molecule has 0 spiro atoms. The molecule has 1 fully saturated rings. The maximum absolute atomic E-state index is 14.0. The number of hydrogen-bond acceptors (Lipinski definition) is 5. The van der Waals surface area contributed by atoms with E-state index >= 15 is 0 Å². The summed E-state index contributed by atoms with van der Waals surface area (Å²) in [6.07, 6.45) is 0.225. The van der Waals surface area contributed by atoms with E-state index < -0.39 is 29.3 Å². The molecule has 36 heavy (non-hydrogen) atoms. The number of alkyl halides is 3. The van der Waals surface area contributed by atoms with Crippen LogP contribution in [-0.2, 0) is 15.7 Å². The highest BCUT2D eigenvalue weighted by Crippen LogP contribution is 2.40. The van der Waals surface area contributed by atoms with E-state index in [0.717, 1.165) is 53.3 Å². The first-order valence-corrected chi connectivity index (χ1v) is 12.0. The quantitative estimate of drug-likeness (QED) is 0.278. The van der Waals surface area contributed by atoms with Gasteiger partial charge in [-0.1, -0.05) is 18.2 Å². The van der Waals surface area contributed by atoms with Crippen molar-refractivity contribution in [2.75, 3.05) is 17.7 Å². The summed E-state index contributed by atoms with van der Waals surface area (Å²) in [5, 5.41) is 5.37. The van der Waals surface area contributed by atoms with E-state index in [0.29, 0.717) is 11.8 Å². The third-order valence-corrected chi connectivity index (χ3v) is 7.33. The first-order chi connectivity index (χ1) is 17.2. The smallest absolute Gasteiger partial charge is 0.418 e. The fourth-order valence-corrected chi connectivity index (χ4v) is 5.33. The van der Waals surface area contributed by atoms with Gasteiger partial charge in [0.25, 0.3) is 0 Å². The summed E-state index contributed by atoms with van der Waals surface area (Å²) in [7, 11) is 1.40. The number of nitrogens with one attached hydrogen (secondary N) is 2. The minimum absolute atomic E-state index is 0.0543. The van der Waals surface area contributed by atoms with Crippen molar-refractivity contribution in [3.05, 3.63) is 65.0 Å². The van der Waals surface area contributed by atoms with E-state index in [4.69, 9.17) is 4.74 Å². The van der Waals surface area contributed by atoms with Crippen LogP contribution in [-0.4, -0.2) is 24.1 Å². The maximum atomic E-state index is 14.0. The predicted molar refractivity (Wildman–Crippen MR) is 128 cm³/mol. The van der Waals surface area contributed by atoms with E-state index in [1.54, 1.807) is 41.8 Å². The third-order valence-electron chi connectivity index (χ3n) is 6.12. The molecule has 4 rings (SSSR count). The van der Waals surface area contributed by atoms with Gasteiger partial charge in [-0.05, 0) is 55.5 Å². The number of methoxy groups -OCH3 is 1. The number of amides is 2. The number of rotatable bonds is 5. The second-order valence-corrected chi connectivity index (χ2v) is 9.51. The Morgan fingerprint density at radius 1 is 1.03 bits per heavy atom. The third kappa shape index (κ3) is 5.84. The lowest BCUT2D eigenvalue weighted by molar-refractivity contribution is -0.146. The zero-order valence-corrected chi connectivity index (χ0v) is 20.0. The lowest BCUT2D eigenvalue weighted by Gasteiger charge is -2.25. The standard InChI is InChI=1S/C25H23F4N3O3S/c1-35-23(33)16-7-5-15(6-8-16)22-30-13-20(36-22)14-9-11-17(12-10-14)31-24(34)32-21-18(25(27,28)29)3-2-4-19(21)26/h2-4,9-13,15-16H,5-8H2,1H3,(H2,31,32,34). The molecule has 0 radical (unpaired) electrons. The molecule has 0 bridgehead atoms.